The van der Waals surface area contributed by atoms with Gasteiger partial charge in [-0.15, -0.1) is 0 Å². The lowest BCUT2D eigenvalue weighted by atomic mass is 10.3. The standard InChI is InChI=1S/C12H19BrN4O2S/c1-10-8-11(13)9-15-12(10)16-20(18,19)7-6-17-4-2-14-3-5-17/h8-9,14H,2-7H2,1H3,(H,15,16). The highest BCUT2D eigenvalue weighted by molar-refractivity contribution is 9.10. The zero-order chi connectivity index (χ0) is 14.6. The lowest BCUT2D eigenvalue weighted by Gasteiger charge is -2.26. The molecule has 6 nitrogen and oxygen atoms in total. The van der Waals surface area contributed by atoms with Gasteiger partial charge in [-0.25, -0.2) is 13.4 Å². The summed E-state index contributed by atoms with van der Waals surface area (Å²) in [6, 6.07) is 1.83. The van der Waals surface area contributed by atoms with Crippen LogP contribution < -0.4 is 10.0 Å². The van der Waals surface area contributed by atoms with E-state index in [1.54, 1.807) is 6.20 Å². The maximum absolute atomic E-state index is 12.1. The molecule has 8 heteroatoms. The number of sulfonamides is 1. The Kier molecular flexibility index (Phi) is 5.36. The minimum Gasteiger partial charge on any atom is -0.314 e. The minimum absolute atomic E-state index is 0.0875. The molecule has 0 atom stereocenters. The van der Waals surface area contributed by atoms with Gasteiger partial charge in [0.2, 0.25) is 10.0 Å². The van der Waals surface area contributed by atoms with Crippen LogP contribution in [0.5, 0.6) is 0 Å². The van der Waals surface area contributed by atoms with Crippen LogP contribution in [0.2, 0.25) is 0 Å². The number of nitrogens with zero attached hydrogens (tertiary/aromatic N) is 2. The van der Waals surface area contributed by atoms with E-state index in [9.17, 15) is 8.42 Å². The second-order valence-corrected chi connectivity index (χ2v) is 7.59. The number of aryl methyl sites for hydroxylation is 1. The summed E-state index contributed by atoms with van der Waals surface area (Å²) in [5, 5.41) is 3.24. The van der Waals surface area contributed by atoms with Crippen LogP contribution in [0.4, 0.5) is 5.82 Å². The average molecular weight is 363 g/mol. The highest BCUT2D eigenvalue weighted by Gasteiger charge is 2.16. The molecule has 0 aliphatic carbocycles. The summed E-state index contributed by atoms with van der Waals surface area (Å²) in [5.41, 5.74) is 0.796. The highest BCUT2D eigenvalue weighted by Crippen LogP contribution is 2.17. The summed E-state index contributed by atoms with van der Waals surface area (Å²) < 4.78 is 27.5. The van der Waals surface area contributed by atoms with E-state index < -0.39 is 10.0 Å². The quantitative estimate of drug-likeness (QED) is 0.810. The van der Waals surface area contributed by atoms with Crippen molar-refractivity contribution in [2.45, 2.75) is 6.92 Å². The lowest BCUT2D eigenvalue weighted by molar-refractivity contribution is 0.254. The largest absolute Gasteiger partial charge is 0.314 e. The molecule has 1 aliphatic rings. The number of nitrogens with one attached hydrogen (secondary N) is 2. The summed E-state index contributed by atoms with van der Waals surface area (Å²) in [5.74, 6) is 0.484. The molecule has 1 aromatic rings. The van der Waals surface area contributed by atoms with Crippen LogP contribution in [0.25, 0.3) is 0 Å². The third-order valence-corrected chi connectivity index (χ3v) is 4.84. The van der Waals surface area contributed by atoms with Crippen LogP contribution >= 0.6 is 15.9 Å². The van der Waals surface area contributed by atoms with Gasteiger partial charge in [-0.3, -0.25) is 9.62 Å². The number of anilines is 1. The number of aromatic nitrogens is 1. The molecule has 0 radical (unpaired) electrons. The summed E-state index contributed by atoms with van der Waals surface area (Å²) in [6.07, 6.45) is 1.58. The van der Waals surface area contributed by atoms with Gasteiger partial charge in [0, 0.05) is 43.4 Å². The number of halogens is 1. The molecule has 2 N–H and O–H groups in total. The van der Waals surface area contributed by atoms with E-state index in [1.807, 2.05) is 13.0 Å². The molecule has 112 valence electrons. The lowest BCUT2D eigenvalue weighted by Crippen LogP contribution is -2.45. The molecule has 0 aromatic carbocycles. The van der Waals surface area contributed by atoms with Gasteiger partial charge in [0.05, 0.1) is 5.75 Å². The molecule has 0 spiro atoms. The molecule has 0 saturated carbocycles. The first-order valence-electron chi connectivity index (χ1n) is 6.52. The monoisotopic (exact) mass is 362 g/mol. The Bertz CT molecular complexity index is 559. The van der Waals surface area contributed by atoms with Crippen molar-refractivity contribution >= 4 is 31.8 Å². The van der Waals surface area contributed by atoms with Crippen molar-refractivity contribution in [3.63, 3.8) is 0 Å². The molecule has 0 amide bonds. The van der Waals surface area contributed by atoms with Crippen LogP contribution in [0.1, 0.15) is 5.56 Å². The Morgan fingerprint density at radius 3 is 2.80 bits per heavy atom. The molecule has 1 aromatic heterocycles. The van der Waals surface area contributed by atoms with Gasteiger partial charge in [-0.2, -0.15) is 0 Å². The third-order valence-electron chi connectivity index (χ3n) is 3.18. The molecule has 0 unspecified atom stereocenters. The Morgan fingerprint density at radius 2 is 2.15 bits per heavy atom. The second kappa shape index (κ2) is 6.84. The van der Waals surface area contributed by atoms with Gasteiger partial charge in [-0.05, 0) is 34.5 Å². The molecule has 1 fully saturated rings. The Balaban J connectivity index is 1.93. The molecular formula is C12H19BrN4O2S. The molecule has 2 heterocycles. The summed E-state index contributed by atoms with van der Waals surface area (Å²) in [6.45, 7) is 6.00. The van der Waals surface area contributed by atoms with Crippen molar-refractivity contribution in [3.8, 4) is 0 Å². The molecule has 1 saturated heterocycles. The Hall–Kier alpha value is -0.700. The zero-order valence-corrected chi connectivity index (χ0v) is 13.8. The fourth-order valence-corrected chi connectivity index (χ4v) is 3.58. The number of hydrogen-bond donors (Lipinski definition) is 2. The van der Waals surface area contributed by atoms with Crippen molar-refractivity contribution in [1.82, 2.24) is 15.2 Å². The first-order chi connectivity index (χ1) is 9.46. The molecular weight excluding hydrogens is 344 g/mol. The van der Waals surface area contributed by atoms with Crippen molar-refractivity contribution in [2.24, 2.45) is 0 Å². The maximum Gasteiger partial charge on any atom is 0.235 e. The van der Waals surface area contributed by atoms with E-state index in [0.29, 0.717) is 12.4 Å². The maximum atomic E-state index is 12.1. The van der Waals surface area contributed by atoms with E-state index in [0.717, 1.165) is 36.2 Å². The number of hydrogen-bond acceptors (Lipinski definition) is 5. The number of piperazine rings is 1. The van der Waals surface area contributed by atoms with Gasteiger partial charge in [0.15, 0.2) is 0 Å². The van der Waals surface area contributed by atoms with Gasteiger partial charge < -0.3 is 5.32 Å². The van der Waals surface area contributed by atoms with Gasteiger partial charge in [-0.1, -0.05) is 0 Å². The predicted molar refractivity (Wildman–Crippen MR) is 83.4 cm³/mol. The zero-order valence-electron chi connectivity index (χ0n) is 11.4. The third kappa shape index (κ3) is 4.69. The molecule has 1 aliphatic heterocycles. The summed E-state index contributed by atoms with van der Waals surface area (Å²) in [4.78, 5) is 6.25. The van der Waals surface area contributed by atoms with Gasteiger partial charge >= 0.3 is 0 Å². The first-order valence-corrected chi connectivity index (χ1v) is 8.96. The smallest absolute Gasteiger partial charge is 0.235 e. The van der Waals surface area contributed by atoms with Crippen LogP contribution in [0, 0.1) is 6.92 Å². The normalized spacial score (nSPS) is 17.1. The van der Waals surface area contributed by atoms with Crippen LogP contribution in [-0.4, -0.2) is 56.8 Å². The summed E-state index contributed by atoms with van der Waals surface area (Å²) in [7, 11) is -3.36. The average Bonchev–Trinajstić information content (AvgIpc) is 2.41. The van der Waals surface area contributed by atoms with Gasteiger partial charge in [0.25, 0.3) is 0 Å². The van der Waals surface area contributed by atoms with E-state index in [1.165, 1.54) is 0 Å². The van der Waals surface area contributed by atoms with Crippen molar-refractivity contribution in [2.75, 3.05) is 43.2 Å². The van der Waals surface area contributed by atoms with Crippen molar-refractivity contribution < 1.29 is 8.42 Å². The van der Waals surface area contributed by atoms with Crippen molar-refractivity contribution in [3.05, 3.63) is 22.3 Å². The van der Waals surface area contributed by atoms with Crippen LogP contribution in [0.15, 0.2) is 16.7 Å². The van der Waals surface area contributed by atoms with E-state index >= 15 is 0 Å². The number of pyridine rings is 1. The summed E-state index contributed by atoms with van der Waals surface area (Å²) >= 11 is 3.31. The number of rotatable bonds is 5. The molecule has 20 heavy (non-hydrogen) atoms. The highest BCUT2D eigenvalue weighted by atomic mass is 79.9. The van der Waals surface area contributed by atoms with E-state index in [2.05, 4.69) is 35.9 Å². The predicted octanol–water partition coefficient (Wildman–Crippen LogP) is 0.799. The Morgan fingerprint density at radius 1 is 1.45 bits per heavy atom. The minimum atomic E-state index is -3.36. The molecule has 0 bridgehead atoms. The fraction of sp³-hybridized carbons (Fsp3) is 0.583. The topological polar surface area (TPSA) is 74.3 Å². The van der Waals surface area contributed by atoms with Crippen LogP contribution in [0.3, 0.4) is 0 Å². The van der Waals surface area contributed by atoms with E-state index in [-0.39, 0.29) is 5.75 Å². The van der Waals surface area contributed by atoms with Crippen molar-refractivity contribution in [1.29, 1.82) is 0 Å². The second-order valence-electron chi connectivity index (χ2n) is 4.83. The SMILES string of the molecule is Cc1cc(Br)cnc1NS(=O)(=O)CCN1CCNCC1. The molecule has 2 rings (SSSR count). The van der Waals surface area contributed by atoms with Crippen LogP contribution in [-0.2, 0) is 10.0 Å². The fourth-order valence-electron chi connectivity index (χ4n) is 2.03. The Labute approximate surface area is 128 Å². The van der Waals surface area contributed by atoms with Gasteiger partial charge in [0.1, 0.15) is 5.82 Å². The van der Waals surface area contributed by atoms with E-state index in [4.69, 9.17) is 0 Å². The first kappa shape index (κ1) is 15.7.